The number of esters is 2. The molecule has 0 bridgehead atoms. The maximum absolute atomic E-state index is 11.4. The van der Waals surface area contributed by atoms with Crippen LogP contribution in [-0.4, -0.2) is 91.2 Å². The number of unbranched alkanes of at least 4 members (excludes halogenated alkanes) is 2. The molecule has 0 aliphatic heterocycles. The molecule has 0 aromatic rings. The van der Waals surface area contributed by atoms with Crippen LogP contribution in [0.25, 0.3) is 0 Å². The molecule has 0 heterocycles. The number of hydrogen-bond acceptors (Lipinski definition) is 9. The van der Waals surface area contributed by atoms with Crippen molar-refractivity contribution in [3.05, 3.63) is 0 Å². The van der Waals surface area contributed by atoms with Gasteiger partial charge in [-0.2, -0.15) is 0 Å². The first-order valence-electron chi connectivity index (χ1n) is 10.3. The van der Waals surface area contributed by atoms with Crippen molar-refractivity contribution in [3.63, 3.8) is 0 Å². The quantitative estimate of drug-likeness (QED) is 0.191. The van der Waals surface area contributed by atoms with Crippen LogP contribution in [-0.2, 0) is 42.7 Å². The first-order chi connectivity index (χ1) is 14.2. The van der Waals surface area contributed by atoms with Crippen LogP contribution in [0.15, 0.2) is 0 Å². The molecule has 0 atom stereocenters. The summed E-state index contributed by atoms with van der Waals surface area (Å²) in [5, 5.41) is 0. The summed E-state index contributed by atoms with van der Waals surface area (Å²) in [5.74, 6) is -0.472. The third-order valence-electron chi connectivity index (χ3n) is 3.50. The standard InChI is InChI=1S/C20H38O9/c1-3-4-5-6-20(22)29-18-16-27-14-12-25-10-8-23-7-9-24-11-13-26-15-17-28-19(2)21/h3-18H2,1-2H3. The SMILES string of the molecule is CCCCCC(=O)OCCOCCOCCOCCOCCOCCOC(C)=O. The summed E-state index contributed by atoms with van der Waals surface area (Å²) in [6, 6.07) is 0. The summed E-state index contributed by atoms with van der Waals surface area (Å²) in [6.07, 6.45) is 3.50. The molecule has 9 heteroatoms. The smallest absolute Gasteiger partial charge is 0.305 e. The Bertz CT molecular complexity index is 377. The lowest BCUT2D eigenvalue weighted by molar-refractivity contribution is -0.145. The third kappa shape index (κ3) is 24.7. The molecule has 0 saturated carbocycles. The highest BCUT2D eigenvalue weighted by Crippen LogP contribution is 2.00. The maximum atomic E-state index is 11.4. The molecule has 0 aliphatic carbocycles. The zero-order valence-corrected chi connectivity index (χ0v) is 18.0. The van der Waals surface area contributed by atoms with Crippen molar-refractivity contribution in [2.24, 2.45) is 0 Å². The van der Waals surface area contributed by atoms with Gasteiger partial charge >= 0.3 is 11.9 Å². The molecule has 0 saturated heterocycles. The van der Waals surface area contributed by atoms with Gasteiger partial charge in [0.15, 0.2) is 0 Å². The first-order valence-corrected chi connectivity index (χ1v) is 10.3. The fraction of sp³-hybridized carbons (Fsp3) is 0.900. The molecule has 0 aliphatic rings. The molecular formula is C20H38O9. The van der Waals surface area contributed by atoms with Gasteiger partial charge in [-0.15, -0.1) is 0 Å². The second-order valence-electron chi connectivity index (χ2n) is 6.08. The van der Waals surface area contributed by atoms with Gasteiger partial charge in [-0.3, -0.25) is 9.59 Å². The third-order valence-corrected chi connectivity index (χ3v) is 3.50. The van der Waals surface area contributed by atoms with Crippen molar-refractivity contribution in [3.8, 4) is 0 Å². The molecule has 0 aromatic carbocycles. The number of ether oxygens (including phenoxy) is 7. The predicted octanol–water partition coefficient (Wildman–Crippen LogP) is 1.76. The number of carbonyl (C=O) groups is 2. The number of rotatable bonds is 22. The molecule has 0 spiro atoms. The molecule has 0 aromatic heterocycles. The first kappa shape index (κ1) is 27.7. The van der Waals surface area contributed by atoms with E-state index >= 15 is 0 Å². The van der Waals surface area contributed by atoms with Crippen LogP contribution in [0, 0.1) is 0 Å². The summed E-state index contributed by atoms with van der Waals surface area (Å²) in [6.45, 7) is 8.50. The van der Waals surface area contributed by atoms with E-state index in [9.17, 15) is 9.59 Å². The van der Waals surface area contributed by atoms with Crippen molar-refractivity contribution < 1.29 is 42.7 Å². The zero-order valence-electron chi connectivity index (χ0n) is 18.0. The van der Waals surface area contributed by atoms with Gasteiger partial charge in [-0.1, -0.05) is 19.8 Å². The Balaban J connectivity index is 3.08. The summed E-state index contributed by atoms with van der Waals surface area (Å²) >= 11 is 0. The van der Waals surface area contributed by atoms with Crippen molar-refractivity contribution in [1.82, 2.24) is 0 Å². The molecule has 0 N–H and O–H groups in total. The van der Waals surface area contributed by atoms with Gasteiger partial charge in [0.05, 0.1) is 66.1 Å². The Labute approximate surface area is 174 Å². The summed E-state index contributed by atoms with van der Waals surface area (Å²) in [4.78, 5) is 21.9. The largest absolute Gasteiger partial charge is 0.463 e. The van der Waals surface area contributed by atoms with Gasteiger partial charge in [0.2, 0.25) is 0 Å². The fourth-order valence-corrected chi connectivity index (χ4v) is 2.03. The van der Waals surface area contributed by atoms with E-state index in [1.807, 2.05) is 0 Å². The summed E-state index contributed by atoms with van der Waals surface area (Å²) in [7, 11) is 0. The van der Waals surface area contributed by atoms with Gasteiger partial charge in [0, 0.05) is 13.3 Å². The zero-order chi connectivity index (χ0) is 21.4. The molecular weight excluding hydrogens is 384 g/mol. The predicted molar refractivity (Wildman–Crippen MR) is 106 cm³/mol. The van der Waals surface area contributed by atoms with E-state index in [0.29, 0.717) is 72.5 Å². The molecule has 172 valence electrons. The van der Waals surface area contributed by atoms with Crippen molar-refractivity contribution in [1.29, 1.82) is 0 Å². The second-order valence-corrected chi connectivity index (χ2v) is 6.08. The lowest BCUT2D eigenvalue weighted by Crippen LogP contribution is -2.15. The number of hydrogen-bond donors (Lipinski definition) is 0. The minimum absolute atomic E-state index is 0.161. The normalized spacial score (nSPS) is 10.8. The average molecular weight is 423 g/mol. The van der Waals surface area contributed by atoms with E-state index in [1.165, 1.54) is 6.92 Å². The Morgan fingerprint density at radius 3 is 1.31 bits per heavy atom. The minimum atomic E-state index is -0.311. The van der Waals surface area contributed by atoms with E-state index in [0.717, 1.165) is 19.3 Å². The Kier molecular flexibility index (Phi) is 22.0. The molecule has 9 nitrogen and oxygen atoms in total. The second kappa shape index (κ2) is 23.0. The Hall–Kier alpha value is -1.26. The summed E-state index contributed by atoms with van der Waals surface area (Å²) in [5.41, 5.74) is 0. The van der Waals surface area contributed by atoms with Gasteiger partial charge < -0.3 is 33.2 Å². The highest BCUT2D eigenvalue weighted by Gasteiger charge is 2.01. The van der Waals surface area contributed by atoms with Gasteiger partial charge in [0.25, 0.3) is 0 Å². The van der Waals surface area contributed by atoms with Gasteiger partial charge in [-0.25, -0.2) is 0 Å². The topological polar surface area (TPSA) is 98.8 Å². The van der Waals surface area contributed by atoms with E-state index < -0.39 is 0 Å². The van der Waals surface area contributed by atoms with E-state index in [-0.39, 0.29) is 25.2 Å². The maximum Gasteiger partial charge on any atom is 0.305 e. The Morgan fingerprint density at radius 1 is 0.552 bits per heavy atom. The molecule has 0 unspecified atom stereocenters. The minimum Gasteiger partial charge on any atom is -0.463 e. The van der Waals surface area contributed by atoms with Crippen LogP contribution in [0.4, 0.5) is 0 Å². The van der Waals surface area contributed by atoms with Crippen LogP contribution in [0.1, 0.15) is 39.5 Å². The molecule has 0 amide bonds. The van der Waals surface area contributed by atoms with Crippen molar-refractivity contribution in [2.45, 2.75) is 39.5 Å². The highest BCUT2D eigenvalue weighted by atomic mass is 16.6. The van der Waals surface area contributed by atoms with Crippen molar-refractivity contribution in [2.75, 3.05) is 79.3 Å². The van der Waals surface area contributed by atoms with Gasteiger partial charge in [-0.05, 0) is 6.42 Å². The van der Waals surface area contributed by atoms with Crippen LogP contribution < -0.4 is 0 Å². The van der Waals surface area contributed by atoms with E-state index in [4.69, 9.17) is 33.2 Å². The van der Waals surface area contributed by atoms with Crippen LogP contribution in [0.5, 0.6) is 0 Å². The van der Waals surface area contributed by atoms with Crippen LogP contribution in [0.3, 0.4) is 0 Å². The summed E-state index contributed by atoms with van der Waals surface area (Å²) < 4.78 is 36.4. The molecule has 0 rings (SSSR count). The van der Waals surface area contributed by atoms with E-state index in [2.05, 4.69) is 6.92 Å². The average Bonchev–Trinajstić information content (AvgIpc) is 2.69. The fourth-order valence-electron chi connectivity index (χ4n) is 2.03. The van der Waals surface area contributed by atoms with Crippen molar-refractivity contribution >= 4 is 11.9 Å². The monoisotopic (exact) mass is 422 g/mol. The molecule has 0 fully saturated rings. The molecule has 0 radical (unpaired) electrons. The van der Waals surface area contributed by atoms with Crippen LogP contribution in [0.2, 0.25) is 0 Å². The lowest BCUT2D eigenvalue weighted by atomic mass is 10.2. The van der Waals surface area contributed by atoms with Gasteiger partial charge in [0.1, 0.15) is 13.2 Å². The lowest BCUT2D eigenvalue weighted by Gasteiger charge is -2.08. The number of carbonyl (C=O) groups excluding carboxylic acids is 2. The van der Waals surface area contributed by atoms with E-state index in [1.54, 1.807) is 0 Å². The Morgan fingerprint density at radius 2 is 0.931 bits per heavy atom. The van der Waals surface area contributed by atoms with Crippen LogP contribution >= 0.6 is 0 Å². The highest BCUT2D eigenvalue weighted by molar-refractivity contribution is 5.69. The molecule has 29 heavy (non-hydrogen) atoms.